The fourth-order valence-corrected chi connectivity index (χ4v) is 4.52. The van der Waals surface area contributed by atoms with Crippen LogP contribution in [0.15, 0.2) is 53.1 Å². The molecule has 8 nitrogen and oxygen atoms in total. The van der Waals surface area contributed by atoms with Gasteiger partial charge >= 0.3 is 11.8 Å². The minimum Gasteiger partial charge on any atom is -0.467 e. The first kappa shape index (κ1) is 23.0. The quantitative estimate of drug-likeness (QED) is 0.599. The number of nitrogens with one attached hydrogen (secondary N) is 2. The van der Waals surface area contributed by atoms with Crippen LogP contribution in [-0.4, -0.2) is 47.9 Å². The minimum absolute atomic E-state index is 0.00315. The van der Waals surface area contributed by atoms with Crippen molar-refractivity contribution < 1.29 is 23.5 Å². The van der Waals surface area contributed by atoms with E-state index in [2.05, 4.69) is 10.6 Å². The van der Waals surface area contributed by atoms with Crippen LogP contribution in [0.4, 0.5) is 0 Å². The summed E-state index contributed by atoms with van der Waals surface area (Å²) in [5.74, 6) is -1.31. The second kappa shape index (κ2) is 11.1. The van der Waals surface area contributed by atoms with Crippen LogP contribution in [0.5, 0.6) is 0 Å². The molecule has 2 aromatic rings. The van der Waals surface area contributed by atoms with E-state index in [1.54, 1.807) is 24.3 Å². The lowest BCUT2D eigenvalue weighted by atomic mass is 10.0. The van der Waals surface area contributed by atoms with Crippen LogP contribution < -0.4 is 10.6 Å². The smallest absolute Gasteiger partial charge is 0.313 e. The van der Waals surface area contributed by atoms with E-state index in [4.69, 9.17) is 9.15 Å². The van der Waals surface area contributed by atoms with Crippen molar-refractivity contribution >= 4 is 17.7 Å². The van der Waals surface area contributed by atoms with Gasteiger partial charge in [-0.15, -0.1) is 0 Å². The molecule has 1 aromatic carbocycles. The van der Waals surface area contributed by atoms with E-state index in [-0.39, 0.29) is 24.6 Å². The number of carbonyl (C=O) groups excluding carboxylic acids is 3. The molecule has 1 saturated heterocycles. The first-order valence-electron chi connectivity index (χ1n) is 11.7. The highest BCUT2D eigenvalue weighted by atomic mass is 16.5. The van der Waals surface area contributed by atoms with Crippen LogP contribution in [0.1, 0.15) is 55.9 Å². The molecule has 3 amide bonds. The Morgan fingerprint density at radius 3 is 2.45 bits per heavy atom. The number of amides is 3. The SMILES string of the molecule is O=C(NC1CCCC1)C(=O)N(Cc1ccco1)[C@@H](C(=O)NC[C@@H]1CCCO1)c1ccccc1. The number of ether oxygens (including phenoxy) is 1. The van der Waals surface area contributed by atoms with Gasteiger partial charge in [0.05, 0.1) is 18.9 Å². The van der Waals surface area contributed by atoms with E-state index < -0.39 is 17.9 Å². The van der Waals surface area contributed by atoms with Crippen molar-refractivity contribution in [2.24, 2.45) is 0 Å². The molecule has 8 heteroatoms. The zero-order chi connectivity index (χ0) is 23.0. The molecule has 2 atom stereocenters. The Morgan fingerprint density at radius 1 is 1.00 bits per heavy atom. The van der Waals surface area contributed by atoms with Crippen molar-refractivity contribution in [1.29, 1.82) is 0 Å². The number of hydrogen-bond donors (Lipinski definition) is 2. The number of nitrogens with zero attached hydrogens (tertiary/aromatic N) is 1. The van der Waals surface area contributed by atoms with E-state index in [0.717, 1.165) is 38.5 Å². The number of benzene rings is 1. The maximum Gasteiger partial charge on any atom is 0.313 e. The summed E-state index contributed by atoms with van der Waals surface area (Å²) in [6, 6.07) is 11.5. The lowest BCUT2D eigenvalue weighted by Gasteiger charge is -2.31. The van der Waals surface area contributed by atoms with Crippen molar-refractivity contribution in [3.05, 3.63) is 60.1 Å². The van der Waals surface area contributed by atoms with Crippen LogP contribution in [0.2, 0.25) is 0 Å². The number of carbonyl (C=O) groups is 3. The highest BCUT2D eigenvalue weighted by Gasteiger charge is 2.36. The second-order valence-corrected chi connectivity index (χ2v) is 8.66. The van der Waals surface area contributed by atoms with Gasteiger partial charge < -0.3 is 24.7 Å². The van der Waals surface area contributed by atoms with Gasteiger partial charge in [0.25, 0.3) is 0 Å². The van der Waals surface area contributed by atoms with Gasteiger partial charge in [-0.2, -0.15) is 0 Å². The predicted octanol–water partition coefficient (Wildman–Crippen LogP) is 2.70. The van der Waals surface area contributed by atoms with Crippen molar-refractivity contribution in [2.45, 2.75) is 63.3 Å². The largest absolute Gasteiger partial charge is 0.467 e. The molecule has 2 fully saturated rings. The summed E-state index contributed by atoms with van der Waals surface area (Å²) in [5.41, 5.74) is 0.621. The average Bonchev–Trinajstić information content (AvgIpc) is 3.61. The summed E-state index contributed by atoms with van der Waals surface area (Å²) < 4.78 is 11.1. The van der Waals surface area contributed by atoms with Crippen molar-refractivity contribution in [3.8, 4) is 0 Å². The third-order valence-corrected chi connectivity index (χ3v) is 6.26. The molecule has 2 N–H and O–H groups in total. The standard InChI is InChI=1S/C25H31N3O5/c29-23(26-16-20-12-6-14-32-20)22(18-8-2-1-3-9-18)28(17-21-13-7-15-33-21)25(31)24(30)27-19-10-4-5-11-19/h1-3,7-9,13,15,19-20,22H,4-6,10-12,14,16-17H2,(H,26,29)(H,27,30)/t20-,22+/m0/s1. The van der Waals surface area contributed by atoms with Gasteiger partial charge in [0.2, 0.25) is 5.91 Å². The van der Waals surface area contributed by atoms with Gasteiger partial charge in [0.1, 0.15) is 11.8 Å². The number of rotatable bonds is 8. The summed E-state index contributed by atoms with van der Waals surface area (Å²) in [6.07, 6.45) is 7.11. The van der Waals surface area contributed by atoms with Crippen LogP contribution in [-0.2, 0) is 25.7 Å². The fraction of sp³-hybridized carbons (Fsp3) is 0.480. The molecule has 1 aromatic heterocycles. The summed E-state index contributed by atoms with van der Waals surface area (Å²) in [7, 11) is 0. The van der Waals surface area contributed by atoms with Crippen LogP contribution in [0, 0.1) is 0 Å². The molecule has 1 aliphatic heterocycles. The molecule has 176 valence electrons. The van der Waals surface area contributed by atoms with Gasteiger partial charge in [-0.1, -0.05) is 43.2 Å². The zero-order valence-electron chi connectivity index (χ0n) is 18.7. The van der Waals surface area contributed by atoms with Crippen LogP contribution in [0.3, 0.4) is 0 Å². The van der Waals surface area contributed by atoms with E-state index >= 15 is 0 Å². The summed E-state index contributed by atoms with van der Waals surface area (Å²) in [4.78, 5) is 41.0. The van der Waals surface area contributed by atoms with E-state index in [1.165, 1.54) is 11.2 Å². The van der Waals surface area contributed by atoms with Gasteiger partial charge in [-0.25, -0.2) is 0 Å². The van der Waals surface area contributed by atoms with Crippen LogP contribution in [0.25, 0.3) is 0 Å². The first-order chi connectivity index (χ1) is 16.1. The van der Waals surface area contributed by atoms with Gasteiger partial charge in [-0.05, 0) is 43.4 Å². The molecule has 0 spiro atoms. The third-order valence-electron chi connectivity index (χ3n) is 6.26. The summed E-state index contributed by atoms with van der Waals surface area (Å²) in [6.45, 7) is 1.04. The highest BCUT2D eigenvalue weighted by Crippen LogP contribution is 2.25. The maximum atomic E-state index is 13.4. The number of furan rings is 1. The van der Waals surface area contributed by atoms with Gasteiger partial charge in [0.15, 0.2) is 0 Å². The number of hydrogen-bond acceptors (Lipinski definition) is 5. The Kier molecular flexibility index (Phi) is 7.78. The minimum atomic E-state index is -0.987. The molecule has 2 heterocycles. The molecule has 0 unspecified atom stereocenters. The average molecular weight is 454 g/mol. The topological polar surface area (TPSA) is 101 Å². The summed E-state index contributed by atoms with van der Waals surface area (Å²) in [5, 5.41) is 5.78. The third kappa shape index (κ3) is 6.01. The fourth-order valence-electron chi connectivity index (χ4n) is 4.52. The zero-order valence-corrected chi connectivity index (χ0v) is 18.7. The molecular formula is C25H31N3O5. The maximum absolute atomic E-state index is 13.4. The second-order valence-electron chi connectivity index (χ2n) is 8.66. The normalized spacial score (nSPS) is 19.2. The molecule has 33 heavy (non-hydrogen) atoms. The molecule has 0 radical (unpaired) electrons. The van der Waals surface area contributed by atoms with Crippen molar-refractivity contribution in [2.75, 3.05) is 13.2 Å². The van der Waals surface area contributed by atoms with Crippen molar-refractivity contribution in [1.82, 2.24) is 15.5 Å². The molecule has 1 saturated carbocycles. The Labute approximate surface area is 193 Å². The van der Waals surface area contributed by atoms with Crippen molar-refractivity contribution in [3.63, 3.8) is 0 Å². The van der Waals surface area contributed by atoms with E-state index in [0.29, 0.717) is 24.5 Å². The van der Waals surface area contributed by atoms with E-state index in [1.807, 2.05) is 18.2 Å². The van der Waals surface area contributed by atoms with E-state index in [9.17, 15) is 14.4 Å². The molecule has 1 aliphatic carbocycles. The Bertz CT molecular complexity index is 919. The highest BCUT2D eigenvalue weighted by molar-refractivity contribution is 6.35. The predicted molar refractivity (Wildman–Crippen MR) is 121 cm³/mol. The lowest BCUT2D eigenvalue weighted by molar-refractivity contribution is -0.151. The Hall–Kier alpha value is -3.13. The molecule has 4 rings (SSSR count). The monoisotopic (exact) mass is 453 g/mol. The Morgan fingerprint density at radius 2 is 1.79 bits per heavy atom. The van der Waals surface area contributed by atoms with Gasteiger partial charge in [0, 0.05) is 19.2 Å². The molecule has 0 bridgehead atoms. The first-order valence-corrected chi connectivity index (χ1v) is 11.7. The Balaban J connectivity index is 1.58. The van der Waals surface area contributed by atoms with Crippen LogP contribution >= 0.6 is 0 Å². The van der Waals surface area contributed by atoms with Gasteiger partial charge in [-0.3, -0.25) is 14.4 Å². The molecular weight excluding hydrogens is 422 g/mol. The molecule has 2 aliphatic rings. The summed E-state index contributed by atoms with van der Waals surface area (Å²) >= 11 is 0. The lowest BCUT2D eigenvalue weighted by Crippen LogP contribution is -2.50.